The predicted molar refractivity (Wildman–Crippen MR) is 75.9 cm³/mol. The van der Waals surface area contributed by atoms with Crippen LogP contribution < -0.4 is 0 Å². The van der Waals surface area contributed by atoms with E-state index in [0.29, 0.717) is 0 Å². The molecule has 0 aliphatic rings. The van der Waals surface area contributed by atoms with Crippen LogP contribution in [0.4, 0.5) is 0 Å². The van der Waals surface area contributed by atoms with Crippen LogP contribution >= 0.6 is 0 Å². The highest BCUT2D eigenvalue weighted by Gasteiger charge is 1.98. The molecule has 0 heteroatoms. The first-order chi connectivity index (χ1) is 8.15. The van der Waals surface area contributed by atoms with Gasteiger partial charge in [0.2, 0.25) is 0 Å². The zero-order valence-electron chi connectivity index (χ0n) is 10.7. The molecule has 2 aromatic rings. The van der Waals surface area contributed by atoms with Crippen molar-refractivity contribution in [1.82, 2.24) is 0 Å². The summed E-state index contributed by atoms with van der Waals surface area (Å²) in [5.41, 5.74) is 6.51. The van der Waals surface area contributed by atoms with Gasteiger partial charge in [0.1, 0.15) is 0 Å². The quantitative estimate of drug-likeness (QED) is 0.636. The summed E-state index contributed by atoms with van der Waals surface area (Å²) in [6, 6.07) is 17.1. The molecule has 0 saturated carbocycles. The Morgan fingerprint density at radius 2 is 1.47 bits per heavy atom. The van der Waals surface area contributed by atoms with Gasteiger partial charge in [-0.25, -0.2) is 0 Å². The van der Waals surface area contributed by atoms with Gasteiger partial charge in [0.25, 0.3) is 0 Å². The Hall–Kier alpha value is -1.82. The third kappa shape index (κ3) is 3.07. The van der Waals surface area contributed by atoms with E-state index in [1.165, 1.54) is 27.8 Å². The van der Waals surface area contributed by atoms with Gasteiger partial charge >= 0.3 is 0 Å². The minimum Gasteiger partial charge on any atom is -0.0622 e. The van der Waals surface area contributed by atoms with Crippen LogP contribution in [0.15, 0.2) is 48.5 Å². The lowest BCUT2D eigenvalue weighted by atomic mass is 10.00. The maximum atomic E-state index is 2.24. The monoisotopic (exact) mass is 222 g/mol. The van der Waals surface area contributed by atoms with Gasteiger partial charge < -0.3 is 0 Å². The lowest BCUT2D eigenvalue weighted by Gasteiger charge is -2.05. The van der Waals surface area contributed by atoms with Crippen molar-refractivity contribution in [2.24, 2.45) is 0 Å². The molecule has 0 heterocycles. The van der Waals surface area contributed by atoms with E-state index in [1.54, 1.807) is 0 Å². The van der Waals surface area contributed by atoms with E-state index in [2.05, 4.69) is 69.3 Å². The van der Waals surface area contributed by atoms with Crippen LogP contribution in [-0.4, -0.2) is 0 Å². The summed E-state index contributed by atoms with van der Waals surface area (Å²) < 4.78 is 0. The van der Waals surface area contributed by atoms with Crippen molar-refractivity contribution in [3.05, 3.63) is 70.8 Å². The van der Waals surface area contributed by atoms with Crippen LogP contribution in [0.3, 0.4) is 0 Å². The van der Waals surface area contributed by atoms with Crippen molar-refractivity contribution in [2.45, 2.75) is 20.8 Å². The molecular formula is C17H18. The largest absolute Gasteiger partial charge is 0.0622 e. The molecule has 2 aromatic carbocycles. The summed E-state index contributed by atoms with van der Waals surface area (Å²) >= 11 is 0. The van der Waals surface area contributed by atoms with Gasteiger partial charge in [-0.3, -0.25) is 0 Å². The molecule has 0 radical (unpaired) electrons. The maximum absolute atomic E-state index is 2.24. The molecule has 0 unspecified atom stereocenters. The van der Waals surface area contributed by atoms with Gasteiger partial charge in [-0.15, -0.1) is 0 Å². The molecule has 0 atom stereocenters. The Morgan fingerprint density at radius 3 is 2.06 bits per heavy atom. The average Bonchev–Trinajstić information content (AvgIpc) is 2.29. The molecule has 0 aliphatic heterocycles. The molecular weight excluding hydrogens is 204 g/mol. The van der Waals surface area contributed by atoms with Crippen LogP contribution in [-0.2, 0) is 0 Å². The lowest BCUT2D eigenvalue weighted by molar-refractivity contribution is 1.36. The van der Waals surface area contributed by atoms with Crippen molar-refractivity contribution in [2.75, 3.05) is 0 Å². The molecule has 0 aromatic heterocycles. The van der Waals surface area contributed by atoms with Gasteiger partial charge in [0.15, 0.2) is 0 Å². The van der Waals surface area contributed by atoms with Crippen molar-refractivity contribution in [1.29, 1.82) is 0 Å². The summed E-state index contributed by atoms with van der Waals surface area (Å²) in [7, 11) is 0. The van der Waals surface area contributed by atoms with Gasteiger partial charge in [0, 0.05) is 0 Å². The number of hydrogen-bond acceptors (Lipinski definition) is 0. The fraction of sp³-hybridized carbons (Fsp3) is 0.176. The highest BCUT2D eigenvalue weighted by molar-refractivity contribution is 5.80. The zero-order valence-corrected chi connectivity index (χ0v) is 10.7. The number of allylic oxidation sites excluding steroid dienone is 1. The molecule has 0 N–H and O–H groups in total. The van der Waals surface area contributed by atoms with E-state index in [0.717, 1.165) is 0 Å². The first-order valence-electron chi connectivity index (χ1n) is 5.97. The van der Waals surface area contributed by atoms with Gasteiger partial charge in [-0.1, -0.05) is 65.7 Å². The minimum absolute atomic E-state index is 1.25. The summed E-state index contributed by atoms with van der Waals surface area (Å²) in [5.74, 6) is 0. The van der Waals surface area contributed by atoms with Gasteiger partial charge in [0.05, 0.1) is 0 Å². The molecule has 0 bridgehead atoms. The van der Waals surface area contributed by atoms with Crippen LogP contribution in [0.25, 0.3) is 11.6 Å². The molecule has 2 rings (SSSR count). The van der Waals surface area contributed by atoms with Crippen LogP contribution in [0.1, 0.15) is 29.2 Å². The second-order valence-corrected chi connectivity index (χ2v) is 4.61. The van der Waals surface area contributed by atoms with Crippen molar-refractivity contribution < 1.29 is 0 Å². The highest BCUT2D eigenvalue weighted by atomic mass is 14.0. The third-order valence-electron chi connectivity index (χ3n) is 2.86. The van der Waals surface area contributed by atoms with Crippen molar-refractivity contribution in [3.8, 4) is 0 Å². The second-order valence-electron chi connectivity index (χ2n) is 4.61. The molecule has 17 heavy (non-hydrogen) atoms. The topological polar surface area (TPSA) is 0 Å². The van der Waals surface area contributed by atoms with E-state index in [9.17, 15) is 0 Å². The van der Waals surface area contributed by atoms with Crippen molar-refractivity contribution >= 4 is 11.6 Å². The fourth-order valence-corrected chi connectivity index (χ4v) is 2.08. The van der Waals surface area contributed by atoms with Crippen LogP contribution in [0, 0.1) is 13.8 Å². The van der Waals surface area contributed by atoms with Crippen LogP contribution in [0.2, 0.25) is 0 Å². The Kier molecular flexibility index (Phi) is 3.43. The molecule has 0 fully saturated rings. The van der Waals surface area contributed by atoms with E-state index in [4.69, 9.17) is 0 Å². The number of hydrogen-bond donors (Lipinski definition) is 0. The maximum Gasteiger partial charge on any atom is -0.0222 e. The summed E-state index contributed by atoms with van der Waals surface area (Å²) in [4.78, 5) is 0. The van der Waals surface area contributed by atoms with E-state index >= 15 is 0 Å². The summed E-state index contributed by atoms with van der Waals surface area (Å²) in [6.07, 6.45) is 2.23. The number of benzene rings is 2. The SMILES string of the molecule is C/C(=C/c1ccccc1)c1cc(C)cc(C)c1. The zero-order chi connectivity index (χ0) is 12.3. The van der Waals surface area contributed by atoms with E-state index in [-0.39, 0.29) is 0 Å². The fourth-order valence-electron chi connectivity index (χ4n) is 2.08. The predicted octanol–water partition coefficient (Wildman–Crippen LogP) is 4.86. The molecule has 86 valence electrons. The third-order valence-corrected chi connectivity index (χ3v) is 2.86. The highest BCUT2D eigenvalue weighted by Crippen LogP contribution is 2.20. The van der Waals surface area contributed by atoms with Gasteiger partial charge in [-0.2, -0.15) is 0 Å². The standard InChI is InChI=1S/C17H18/c1-13-9-14(2)11-17(10-13)15(3)12-16-7-5-4-6-8-16/h4-12H,1-3H3/b15-12-. The van der Waals surface area contributed by atoms with Crippen molar-refractivity contribution in [3.63, 3.8) is 0 Å². The molecule has 0 nitrogen and oxygen atoms in total. The molecule has 0 spiro atoms. The minimum atomic E-state index is 1.25. The summed E-state index contributed by atoms with van der Waals surface area (Å²) in [5, 5.41) is 0. The summed E-state index contributed by atoms with van der Waals surface area (Å²) in [6.45, 7) is 6.46. The van der Waals surface area contributed by atoms with E-state index < -0.39 is 0 Å². The first-order valence-corrected chi connectivity index (χ1v) is 5.97. The molecule has 0 amide bonds. The van der Waals surface area contributed by atoms with Crippen LogP contribution in [0.5, 0.6) is 0 Å². The Bertz CT molecular complexity index is 513. The first kappa shape index (κ1) is 11.7. The second kappa shape index (κ2) is 5.01. The number of aryl methyl sites for hydroxylation is 2. The number of rotatable bonds is 2. The Labute approximate surface area is 104 Å². The molecule has 0 saturated heterocycles. The smallest absolute Gasteiger partial charge is 0.0222 e. The Balaban J connectivity index is 2.37. The van der Waals surface area contributed by atoms with Gasteiger partial charge in [-0.05, 0) is 37.5 Å². The lowest BCUT2D eigenvalue weighted by Crippen LogP contribution is -1.84. The Morgan fingerprint density at radius 1 is 0.882 bits per heavy atom. The van der Waals surface area contributed by atoms with E-state index in [1.807, 2.05) is 6.07 Å². The average molecular weight is 222 g/mol. The molecule has 0 aliphatic carbocycles. The normalized spacial score (nSPS) is 11.6.